The highest BCUT2D eigenvalue weighted by molar-refractivity contribution is 5.90. The first-order valence-electron chi connectivity index (χ1n) is 7.99. The molecule has 1 aliphatic heterocycles. The van der Waals surface area contributed by atoms with Crippen molar-refractivity contribution in [3.8, 4) is 5.88 Å². The fraction of sp³-hybridized carbons (Fsp3) is 0.625. The molecule has 2 unspecified atom stereocenters. The second kappa shape index (κ2) is 8.32. The summed E-state index contributed by atoms with van der Waals surface area (Å²) in [6.45, 7) is 2.63. The molecule has 1 fully saturated rings. The highest BCUT2D eigenvalue weighted by Crippen LogP contribution is 2.23. The van der Waals surface area contributed by atoms with Crippen LogP contribution >= 0.6 is 0 Å². The van der Waals surface area contributed by atoms with Crippen LogP contribution in [0.2, 0.25) is 0 Å². The number of carbonyl (C=O) groups is 1. The van der Waals surface area contributed by atoms with Gasteiger partial charge in [-0.25, -0.2) is 4.98 Å². The van der Waals surface area contributed by atoms with E-state index in [9.17, 15) is 18.0 Å². The minimum absolute atomic E-state index is 0.126. The van der Waals surface area contributed by atoms with E-state index in [1.807, 2.05) is 0 Å². The molecule has 0 radical (unpaired) electrons. The number of hydrogen-bond donors (Lipinski definition) is 2. The normalized spacial score (nSPS) is 19.6. The number of aromatic nitrogens is 1. The summed E-state index contributed by atoms with van der Waals surface area (Å²) in [7, 11) is 0. The monoisotopic (exact) mass is 345 g/mol. The Kier molecular flexibility index (Phi) is 6.42. The van der Waals surface area contributed by atoms with E-state index in [0.717, 1.165) is 25.9 Å². The van der Waals surface area contributed by atoms with Crippen molar-refractivity contribution >= 4 is 11.6 Å². The van der Waals surface area contributed by atoms with Crippen LogP contribution in [0.15, 0.2) is 18.3 Å². The van der Waals surface area contributed by atoms with Crippen LogP contribution in [0.25, 0.3) is 0 Å². The van der Waals surface area contributed by atoms with Gasteiger partial charge in [0.2, 0.25) is 11.8 Å². The summed E-state index contributed by atoms with van der Waals surface area (Å²) in [5.74, 6) is 0.492. The lowest BCUT2D eigenvalue weighted by Gasteiger charge is -2.28. The van der Waals surface area contributed by atoms with E-state index in [0.29, 0.717) is 18.0 Å². The number of amides is 1. The largest absolute Gasteiger partial charge is 0.468 e. The Morgan fingerprint density at radius 1 is 1.50 bits per heavy atom. The van der Waals surface area contributed by atoms with Gasteiger partial charge in [-0.15, -0.1) is 0 Å². The molecule has 1 aliphatic rings. The number of carbonyl (C=O) groups excluding carboxylic acids is 1. The molecule has 2 N–H and O–H groups in total. The maximum atomic E-state index is 12.1. The summed E-state index contributed by atoms with van der Waals surface area (Å²) in [5.41, 5.74) is 0.438. The summed E-state index contributed by atoms with van der Waals surface area (Å²) < 4.78 is 40.7. The van der Waals surface area contributed by atoms with Crippen LogP contribution in [-0.2, 0) is 4.79 Å². The van der Waals surface area contributed by atoms with Crippen LogP contribution in [-0.4, -0.2) is 36.8 Å². The Hall–Kier alpha value is -1.83. The van der Waals surface area contributed by atoms with E-state index in [-0.39, 0.29) is 17.7 Å². The van der Waals surface area contributed by atoms with Crippen molar-refractivity contribution in [3.63, 3.8) is 0 Å². The van der Waals surface area contributed by atoms with Crippen LogP contribution in [0.4, 0.5) is 18.9 Å². The summed E-state index contributed by atoms with van der Waals surface area (Å²) in [4.78, 5) is 15.8. The molecule has 0 saturated carbocycles. The lowest BCUT2D eigenvalue weighted by molar-refractivity contribution is -0.154. The van der Waals surface area contributed by atoms with E-state index in [1.54, 1.807) is 0 Å². The number of rotatable bonds is 6. The smallest absolute Gasteiger partial charge is 0.422 e. The van der Waals surface area contributed by atoms with Crippen LogP contribution in [0, 0.1) is 11.8 Å². The maximum absolute atomic E-state index is 12.1. The SMILES string of the molecule is CC(CC(=O)Nc1ccc(OCC(F)(F)F)nc1)C1CCCNC1. The van der Waals surface area contributed by atoms with Gasteiger partial charge in [0.1, 0.15) is 0 Å². The number of halogens is 3. The number of alkyl halides is 3. The van der Waals surface area contributed by atoms with E-state index < -0.39 is 12.8 Å². The molecule has 1 amide bonds. The highest BCUT2D eigenvalue weighted by Gasteiger charge is 2.28. The number of pyridine rings is 1. The zero-order valence-electron chi connectivity index (χ0n) is 13.5. The third-order valence-electron chi connectivity index (χ3n) is 4.05. The Balaban J connectivity index is 1.78. The number of nitrogens with zero attached hydrogens (tertiary/aromatic N) is 1. The third kappa shape index (κ3) is 6.35. The number of nitrogens with one attached hydrogen (secondary N) is 2. The van der Waals surface area contributed by atoms with E-state index in [1.165, 1.54) is 18.3 Å². The fourth-order valence-electron chi connectivity index (χ4n) is 2.73. The Morgan fingerprint density at radius 2 is 2.29 bits per heavy atom. The molecular formula is C16H22F3N3O2. The van der Waals surface area contributed by atoms with Gasteiger partial charge in [-0.1, -0.05) is 6.92 Å². The van der Waals surface area contributed by atoms with Crippen LogP contribution in [0.1, 0.15) is 26.2 Å². The second-order valence-corrected chi connectivity index (χ2v) is 6.12. The zero-order chi connectivity index (χ0) is 17.6. The maximum Gasteiger partial charge on any atom is 0.422 e. The van der Waals surface area contributed by atoms with Crippen molar-refractivity contribution in [1.82, 2.24) is 10.3 Å². The van der Waals surface area contributed by atoms with Crippen molar-refractivity contribution in [2.75, 3.05) is 25.0 Å². The summed E-state index contributed by atoms with van der Waals surface area (Å²) >= 11 is 0. The van der Waals surface area contributed by atoms with Crippen molar-refractivity contribution in [1.29, 1.82) is 0 Å². The lowest BCUT2D eigenvalue weighted by atomic mass is 9.85. The Bertz CT molecular complexity index is 528. The van der Waals surface area contributed by atoms with Gasteiger partial charge < -0.3 is 15.4 Å². The molecule has 134 valence electrons. The van der Waals surface area contributed by atoms with Crippen LogP contribution < -0.4 is 15.4 Å². The van der Waals surface area contributed by atoms with E-state index in [4.69, 9.17) is 0 Å². The van der Waals surface area contributed by atoms with Crippen molar-refractivity contribution in [2.24, 2.45) is 11.8 Å². The van der Waals surface area contributed by atoms with Crippen LogP contribution in [0.5, 0.6) is 5.88 Å². The molecule has 1 aromatic heterocycles. The highest BCUT2D eigenvalue weighted by atomic mass is 19.4. The van der Waals surface area contributed by atoms with Crippen molar-refractivity contribution < 1.29 is 22.7 Å². The molecule has 0 bridgehead atoms. The molecule has 0 aromatic carbocycles. The van der Waals surface area contributed by atoms with Gasteiger partial charge in [0, 0.05) is 12.5 Å². The van der Waals surface area contributed by atoms with E-state index >= 15 is 0 Å². The molecular weight excluding hydrogens is 323 g/mol. The van der Waals surface area contributed by atoms with Crippen molar-refractivity contribution in [3.05, 3.63) is 18.3 Å². The van der Waals surface area contributed by atoms with Crippen molar-refractivity contribution in [2.45, 2.75) is 32.4 Å². The summed E-state index contributed by atoms with van der Waals surface area (Å²) in [5, 5.41) is 6.04. The topological polar surface area (TPSA) is 63.2 Å². The van der Waals surface area contributed by atoms with Gasteiger partial charge in [-0.3, -0.25) is 4.79 Å². The quantitative estimate of drug-likeness (QED) is 0.832. The Labute approximate surface area is 139 Å². The number of anilines is 1. The first-order valence-corrected chi connectivity index (χ1v) is 7.99. The van der Waals surface area contributed by atoms with Crippen LogP contribution in [0.3, 0.4) is 0 Å². The molecule has 1 aromatic rings. The predicted octanol–water partition coefficient (Wildman–Crippen LogP) is 2.99. The summed E-state index contributed by atoms with van der Waals surface area (Å²) in [6.07, 6.45) is -0.470. The number of piperidine rings is 1. The van der Waals surface area contributed by atoms with Gasteiger partial charge in [0.05, 0.1) is 11.9 Å². The zero-order valence-corrected chi connectivity index (χ0v) is 13.5. The molecule has 5 nitrogen and oxygen atoms in total. The number of ether oxygens (including phenoxy) is 1. The molecule has 0 spiro atoms. The lowest BCUT2D eigenvalue weighted by Crippen LogP contribution is -2.34. The molecule has 0 aliphatic carbocycles. The molecule has 1 saturated heterocycles. The first kappa shape index (κ1) is 18.5. The second-order valence-electron chi connectivity index (χ2n) is 6.12. The first-order chi connectivity index (χ1) is 11.3. The van der Waals surface area contributed by atoms with Gasteiger partial charge in [-0.05, 0) is 43.8 Å². The standard InChI is InChI=1S/C16H22F3N3O2/c1-11(12-3-2-6-20-8-12)7-14(23)22-13-4-5-15(21-9-13)24-10-16(17,18)19/h4-5,9,11-12,20H,2-3,6-8,10H2,1H3,(H,22,23). The molecule has 2 heterocycles. The average Bonchev–Trinajstić information content (AvgIpc) is 2.54. The van der Waals surface area contributed by atoms with Gasteiger partial charge in [0.25, 0.3) is 0 Å². The Morgan fingerprint density at radius 3 is 2.88 bits per heavy atom. The van der Waals surface area contributed by atoms with Gasteiger partial charge in [-0.2, -0.15) is 13.2 Å². The summed E-state index contributed by atoms with van der Waals surface area (Å²) in [6, 6.07) is 2.78. The molecule has 8 heteroatoms. The average molecular weight is 345 g/mol. The van der Waals surface area contributed by atoms with Gasteiger partial charge >= 0.3 is 6.18 Å². The minimum atomic E-state index is -4.40. The molecule has 2 rings (SSSR count). The predicted molar refractivity (Wildman–Crippen MR) is 83.8 cm³/mol. The number of hydrogen-bond acceptors (Lipinski definition) is 4. The van der Waals surface area contributed by atoms with Gasteiger partial charge in [0.15, 0.2) is 6.61 Å². The molecule has 24 heavy (non-hydrogen) atoms. The minimum Gasteiger partial charge on any atom is -0.468 e. The molecule has 2 atom stereocenters. The fourth-order valence-corrected chi connectivity index (χ4v) is 2.73. The van der Waals surface area contributed by atoms with E-state index in [2.05, 4.69) is 27.3 Å². The third-order valence-corrected chi connectivity index (χ3v) is 4.05.